The second kappa shape index (κ2) is 9.20. The van der Waals surface area contributed by atoms with Gasteiger partial charge in [-0.1, -0.05) is 17.2 Å². The molecular weight excluding hydrogens is 502 g/mol. The van der Waals surface area contributed by atoms with Crippen LogP contribution in [0.4, 0.5) is 17.1 Å². The van der Waals surface area contributed by atoms with Gasteiger partial charge in [0.05, 0.1) is 28.8 Å². The van der Waals surface area contributed by atoms with E-state index in [-0.39, 0.29) is 16.8 Å². The molecule has 0 atom stereocenters. The van der Waals surface area contributed by atoms with Crippen molar-refractivity contribution >= 4 is 60.1 Å². The molecule has 33 heavy (non-hydrogen) atoms. The molecule has 3 rings (SSSR count). The summed E-state index contributed by atoms with van der Waals surface area (Å²) in [5.41, 5.74) is 5.93. The number of fused-ring (bicyclic) bond motifs is 1. The van der Waals surface area contributed by atoms with Crippen molar-refractivity contribution in [1.82, 2.24) is 0 Å². The van der Waals surface area contributed by atoms with E-state index in [0.29, 0.717) is 23.0 Å². The summed E-state index contributed by atoms with van der Waals surface area (Å²) >= 11 is 0.697. The predicted molar refractivity (Wildman–Crippen MR) is 116 cm³/mol. The Morgan fingerprint density at radius 2 is 1.64 bits per heavy atom. The molecule has 3 aromatic carbocycles. The van der Waals surface area contributed by atoms with Crippen LogP contribution in [0, 0.1) is 6.92 Å². The zero-order valence-corrected chi connectivity index (χ0v) is 18.8. The van der Waals surface area contributed by atoms with Gasteiger partial charge in [0.15, 0.2) is 5.75 Å². The highest BCUT2D eigenvalue weighted by Crippen LogP contribution is 2.43. The first-order valence-electron chi connectivity index (χ1n) is 8.55. The van der Waals surface area contributed by atoms with Gasteiger partial charge < -0.3 is 10.8 Å². The summed E-state index contributed by atoms with van der Waals surface area (Å²) in [6, 6.07) is 7.51. The lowest BCUT2D eigenvalue weighted by Crippen LogP contribution is -2.08. The molecule has 3 aromatic rings. The molecular formula is C17H15N3O10S3. The highest BCUT2D eigenvalue weighted by atomic mass is 32.2. The molecule has 0 aliphatic heterocycles. The summed E-state index contributed by atoms with van der Waals surface area (Å²) in [5, 5.41) is 29.5. The first-order valence-corrected chi connectivity index (χ1v) is 12.2. The zero-order valence-electron chi connectivity index (χ0n) is 16.4. The van der Waals surface area contributed by atoms with Crippen LogP contribution in [-0.2, 0) is 29.6 Å². The largest absolute Gasteiger partial charge is 0.505 e. The average Bonchev–Trinajstić information content (AvgIpc) is 2.71. The number of benzene rings is 3. The van der Waals surface area contributed by atoms with E-state index < -0.39 is 46.9 Å². The molecule has 0 saturated carbocycles. The van der Waals surface area contributed by atoms with Gasteiger partial charge >= 0.3 is 0 Å². The van der Waals surface area contributed by atoms with Crippen LogP contribution < -0.4 is 5.73 Å². The quantitative estimate of drug-likeness (QED) is 0.0755. The standard InChI is InChI=1S/C17H15N3O10S3/c1-8-2-3-9(6-12(8)31-30-29-22)19-20-11-5-4-10-13(32(23,24)25)7-14(33(26,27)28)16(18)15(10)17(11)21/h2-7,21-22H,18H2,1H3,(H,23,24,25)(H,26,27,28). The first kappa shape index (κ1) is 24.8. The fraction of sp³-hybridized carbons (Fsp3) is 0.0588. The van der Waals surface area contributed by atoms with E-state index in [2.05, 4.69) is 19.6 Å². The van der Waals surface area contributed by atoms with Crippen LogP contribution in [0.15, 0.2) is 61.3 Å². The van der Waals surface area contributed by atoms with Crippen LogP contribution in [0.3, 0.4) is 0 Å². The smallest absolute Gasteiger partial charge is 0.296 e. The van der Waals surface area contributed by atoms with E-state index in [0.717, 1.165) is 17.7 Å². The number of nitrogens with two attached hydrogens (primary N) is 1. The normalized spacial score (nSPS) is 12.6. The maximum absolute atomic E-state index is 11.8. The monoisotopic (exact) mass is 517 g/mol. The molecule has 0 amide bonds. The second-order valence-corrected chi connectivity index (χ2v) is 9.99. The Balaban J connectivity index is 2.19. The molecule has 0 spiro atoms. The molecule has 176 valence electrons. The SMILES string of the molecule is Cc1ccc(N=Nc2ccc3c(S(=O)(=O)O)cc(S(=O)(=O)O)c(N)c3c2O)cc1SOOO. The van der Waals surface area contributed by atoms with Gasteiger partial charge in [0.25, 0.3) is 20.2 Å². The topological polar surface area (TPSA) is 218 Å². The van der Waals surface area contributed by atoms with Crippen molar-refractivity contribution in [3.63, 3.8) is 0 Å². The molecule has 0 saturated heterocycles. The lowest BCUT2D eigenvalue weighted by molar-refractivity contribution is -0.432. The summed E-state index contributed by atoms with van der Waals surface area (Å²) in [6.45, 7) is 1.75. The fourth-order valence-corrected chi connectivity index (χ4v) is 4.78. The Morgan fingerprint density at radius 3 is 2.24 bits per heavy atom. The highest BCUT2D eigenvalue weighted by molar-refractivity contribution is 7.94. The number of anilines is 1. The van der Waals surface area contributed by atoms with Gasteiger partial charge in [-0.2, -0.15) is 21.9 Å². The number of phenolic OH excluding ortho intramolecular Hbond substituents is 1. The number of azo groups is 1. The number of aromatic hydroxyl groups is 1. The minimum atomic E-state index is -5.02. The Morgan fingerprint density at radius 1 is 0.970 bits per heavy atom. The first-order chi connectivity index (χ1) is 15.3. The van der Waals surface area contributed by atoms with Gasteiger partial charge in [-0.05, 0) is 36.8 Å². The van der Waals surface area contributed by atoms with Gasteiger partial charge in [-0.25, -0.2) is 5.26 Å². The van der Waals surface area contributed by atoms with Crippen LogP contribution in [-0.4, -0.2) is 36.3 Å². The van der Waals surface area contributed by atoms with Gasteiger partial charge in [0.2, 0.25) is 0 Å². The van der Waals surface area contributed by atoms with Crippen molar-refractivity contribution in [2.75, 3.05) is 5.73 Å². The Hall–Kier alpha value is -2.83. The van der Waals surface area contributed by atoms with E-state index >= 15 is 0 Å². The maximum Gasteiger partial charge on any atom is 0.296 e. The summed E-state index contributed by atoms with van der Waals surface area (Å²) in [6.07, 6.45) is 0. The Bertz CT molecular complexity index is 1490. The molecule has 0 radical (unpaired) electrons. The van der Waals surface area contributed by atoms with Gasteiger partial charge in [-0.15, -0.1) is 9.45 Å². The van der Waals surface area contributed by atoms with Gasteiger partial charge in [0.1, 0.15) is 15.5 Å². The van der Waals surface area contributed by atoms with Crippen LogP contribution in [0.1, 0.15) is 5.56 Å². The molecule has 0 fully saturated rings. The molecule has 0 bridgehead atoms. The van der Waals surface area contributed by atoms with Crippen molar-refractivity contribution in [3.8, 4) is 5.75 Å². The third-order valence-electron chi connectivity index (χ3n) is 4.37. The van der Waals surface area contributed by atoms with Crippen molar-refractivity contribution in [2.24, 2.45) is 10.2 Å². The van der Waals surface area contributed by atoms with E-state index in [1.54, 1.807) is 19.1 Å². The third-order valence-corrected chi connectivity index (χ3v) is 6.91. The van der Waals surface area contributed by atoms with Crippen molar-refractivity contribution in [1.29, 1.82) is 0 Å². The Kier molecular flexibility index (Phi) is 6.91. The van der Waals surface area contributed by atoms with Crippen molar-refractivity contribution in [2.45, 2.75) is 21.6 Å². The number of aryl methyl sites for hydroxylation is 1. The fourth-order valence-electron chi connectivity index (χ4n) is 2.87. The zero-order chi connectivity index (χ0) is 24.6. The molecule has 0 unspecified atom stereocenters. The summed E-state index contributed by atoms with van der Waals surface area (Å²) in [5.74, 6) is -0.747. The van der Waals surface area contributed by atoms with E-state index in [1.165, 1.54) is 6.07 Å². The van der Waals surface area contributed by atoms with Crippen LogP contribution in [0.5, 0.6) is 5.75 Å². The minimum Gasteiger partial charge on any atom is -0.505 e. The van der Waals surface area contributed by atoms with Gasteiger partial charge in [-0.3, -0.25) is 9.11 Å². The Labute approximate surface area is 191 Å². The number of nitrogen functional groups attached to an aromatic ring is 1. The number of hydrogen-bond donors (Lipinski definition) is 5. The number of rotatable bonds is 7. The lowest BCUT2D eigenvalue weighted by atomic mass is 10.1. The van der Waals surface area contributed by atoms with Crippen molar-refractivity contribution < 1.29 is 45.7 Å². The predicted octanol–water partition coefficient (Wildman–Crippen LogP) is 3.77. The summed E-state index contributed by atoms with van der Waals surface area (Å²) in [4.78, 5) is -1.41. The second-order valence-electron chi connectivity index (χ2n) is 6.47. The van der Waals surface area contributed by atoms with Crippen molar-refractivity contribution in [3.05, 3.63) is 42.0 Å². The van der Waals surface area contributed by atoms with Gasteiger partial charge in [0, 0.05) is 10.3 Å². The molecule has 0 aliphatic carbocycles. The maximum atomic E-state index is 11.8. The minimum absolute atomic E-state index is 0.229. The number of nitrogens with zero attached hydrogens (tertiary/aromatic N) is 2. The van der Waals surface area contributed by atoms with E-state index in [4.69, 9.17) is 11.0 Å². The number of hydrogen-bond acceptors (Lipinski definition) is 12. The molecule has 16 heteroatoms. The summed E-state index contributed by atoms with van der Waals surface area (Å²) < 4.78 is 70.1. The van der Waals surface area contributed by atoms with Crippen LogP contribution in [0.2, 0.25) is 0 Å². The third kappa shape index (κ3) is 5.23. The van der Waals surface area contributed by atoms with E-state index in [9.17, 15) is 31.0 Å². The average molecular weight is 518 g/mol. The molecule has 0 heterocycles. The lowest BCUT2D eigenvalue weighted by Gasteiger charge is -2.13. The van der Waals surface area contributed by atoms with Crippen LogP contribution >= 0.6 is 12.0 Å². The molecule has 6 N–H and O–H groups in total. The molecule has 0 aliphatic rings. The van der Waals surface area contributed by atoms with E-state index in [1.807, 2.05) is 0 Å². The molecule has 13 nitrogen and oxygen atoms in total. The molecule has 0 aromatic heterocycles. The highest BCUT2D eigenvalue weighted by Gasteiger charge is 2.26. The number of phenols is 1. The summed E-state index contributed by atoms with van der Waals surface area (Å²) in [7, 11) is -9.99. The van der Waals surface area contributed by atoms with Crippen LogP contribution in [0.25, 0.3) is 10.8 Å².